The Labute approximate surface area is 95.5 Å². The van der Waals surface area contributed by atoms with Crippen LogP contribution in [0.25, 0.3) is 0 Å². The molecule has 0 amide bonds. The summed E-state index contributed by atoms with van der Waals surface area (Å²) in [7, 11) is -3.63. The van der Waals surface area contributed by atoms with Crippen LogP contribution in [0, 0.1) is 0 Å². The maximum absolute atomic E-state index is 11.0. The molecule has 0 aliphatic carbocycles. The van der Waals surface area contributed by atoms with Crippen molar-refractivity contribution in [1.29, 1.82) is 0 Å². The summed E-state index contributed by atoms with van der Waals surface area (Å²) < 4.78 is 22.0. The second kappa shape index (κ2) is 4.51. The number of rotatable bonds is 4. The van der Waals surface area contributed by atoms with Crippen LogP contribution in [0.2, 0.25) is 0 Å². The van der Waals surface area contributed by atoms with Crippen molar-refractivity contribution in [3.63, 3.8) is 0 Å². The van der Waals surface area contributed by atoms with Gasteiger partial charge in [-0.25, -0.2) is 13.6 Å². The van der Waals surface area contributed by atoms with Gasteiger partial charge in [0.25, 0.3) is 0 Å². The van der Waals surface area contributed by atoms with Crippen LogP contribution in [-0.2, 0) is 10.0 Å². The molecule has 0 radical (unpaired) electrons. The zero-order chi connectivity index (χ0) is 12.3. The lowest BCUT2D eigenvalue weighted by molar-refractivity contribution is 0.598. The van der Waals surface area contributed by atoms with E-state index in [2.05, 4.69) is 18.5 Å². The van der Waals surface area contributed by atoms with Crippen LogP contribution in [0.4, 0.5) is 5.69 Å². The number of hydrogen-bond donors (Lipinski definition) is 2. The number of nitrogens with one attached hydrogen (secondary N) is 1. The molecule has 86 valence electrons. The van der Waals surface area contributed by atoms with E-state index >= 15 is 0 Å². The zero-order valence-corrected chi connectivity index (χ0v) is 9.84. The van der Waals surface area contributed by atoms with Crippen molar-refractivity contribution in [2.24, 2.45) is 5.14 Å². The lowest BCUT2D eigenvalue weighted by atomic mass is 10.2. The molecule has 0 aliphatic heterocycles. The Bertz CT molecular complexity index is 515. The van der Waals surface area contributed by atoms with Crippen LogP contribution in [0.1, 0.15) is 6.92 Å². The van der Waals surface area contributed by atoms with Gasteiger partial charge in [-0.2, -0.15) is 0 Å². The first kappa shape index (κ1) is 12.5. The van der Waals surface area contributed by atoms with Crippen LogP contribution in [-0.4, -0.2) is 8.42 Å². The molecule has 0 atom stereocenters. The molecule has 0 saturated heterocycles. The molecule has 0 spiro atoms. The fourth-order valence-electron chi connectivity index (χ4n) is 1.01. The first-order valence-electron chi connectivity index (χ1n) is 4.55. The molecule has 1 rings (SSSR count). The average molecular weight is 238 g/mol. The Morgan fingerprint density at radius 1 is 1.25 bits per heavy atom. The molecule has 1 aromatic rings. The van der Waals surface area contributed by atoms with E-state index in [0.717, 1.165) is 11.3 Å². The number of benzene rings is 1. The molecule has 0 fully saturated rings. The van der Waals surface area contributed by atoms with Gasteiger partial charge in [0.05, 0.1) is 4.90 Å². The smallest absolute Gasteiger partial charge is 0.238 e. The molecular formula is C11H14N2O2S. The van der Waals surface area contributed by atoms with Gasteiger partial charge in [0.15, 0.2) is 0 Å². The number of hydrogen-bond acceptors (Lipinski definition) is 3. The molecule has 0 aliphatic rings. The quantitative estimate of drug-likeness (QED) is 0.786. The summed E-state index contributed by atoms with van der Waals surface area (Å²) >= 11 is 0. The van der Waals surface area contributed by atoms with E-state index in [1.807, 2.05) is 6.92 Å². The Morgan fingerprint density at radius 2 is 1.75 bits per heavy atom. The highest BCUT2D eigenvalue weighted by atomic mass is 32.2. The van der Waals surface area contributed by atoms with E-state index in [9.17, 15) is 8.42 Å². The standard InChI is InChI=1S/C11H14N2O2S/c1-8(2)9(3)13-10-4-6-11(7-5-10)16(12,14)15/h4-7,13H,1,3H2,2H3,(H2,12,14,15). The minimum absolute atomic E-state index is 0.0824. The van der Waals surface area contributed by atoms with Gasteiger partial charge < -0.3 is 5.32 Å². The highest BCUT2D eigenvalue weighted by Crippen LogP contribution is 2.15. The molecule has 0 unspecified atom stereocenters. The van der Waals surface area contributed by atoms with Crippen LogP contribution in [0.15, 0.2) is 53.6 Å². The minimum atomic E-state index is -3.63. The summed E-state index contributed by atoms with van der Waals surface area (Å²) in [5.74, 6) is 0. The molecule has 4 nitrogen and oxygen atoms in total. The van der Waals surface area contributed by atoms with E-state index in [4.69, 9.17) is 5.14 Å². The van der Waals surface area contributed by atoms with Gasteiger partial charge in [-0.15, -0.1) is 0 Å². The monoisotopic (exact) mass is 238 g/mol. The SMILES string of the molecule is C=C(C)C(=C)Nc1ccc(S(N)(=O)=O)cc1. The summed E-state index contributed by atoms with van der Waals surface area (Å²) in [6, 6.07) is 6.11. The third-order valence-corrected chi connectivity index (χ3v) is 2.92. The maximum atomic E-state index is 11.0. The van der Waals surface area contributed by atoms with Crippen LogP contribution in [0.5, 0.6) is 0 Å². The van der Waals surface area contributed by atoms with E-state index in [-0.39, 0.29) is 4.90 Å². The van der Waals surface area contributed by atoms with Crippen LogP contribution >= 0.6 is 0 Å². The molecule has 0 saturated carbocycles. The minimum Gasteiger partial charge on any atom is -0.356 e. The number of anilines is 1. The van der Waals surface area contributed by atoms with Crippen LogP contribution in [0.3, 0.4) is 0 Å². The van der Waals surface area contributed by atoms with Gasteiger partial charge in [-0.05, 0) is 36.8 Å². The lowest BCUT2D eigenvalue weighted by Gasteiger charge is -2.09. The van der Waals surface area contributed by atoms with Gasteiger partial charge in [-0.3, -0.25) is 0 Å². The Balaban J connectivity index is 2.88. The number of allylic oxidation sites excluding steroid dienone is 1. The van der Waals surface area contributed by atoms with Crippen molar-refractivity contribution in [1.82, 2.24) is 0 Å². The summed E-state index contributed by atoms with van der Waals surface area (Å²) in [5, 5.41) is 7.97. The molecule has 3 N–H and O–H groups in total. The molecule has 5 heteroatoms. The first-order chi connectivity index (χ1) is 7.30. The Kier molecular flexibility index (Phi) is 3.51. The fraction of sp³-hybridized carbons (Fsp3) is 0.0909. The molecule has 1 aromatic carbocycles. The lowest BCUT2D eigenvalue weighted by Crippen LogP contribution is -2.11. The summed E-state index contributed by atoms with van der Waals surface area (Å²) in [4.78, 5) is 0.0824. The number of primary sulfonamides is 1. The normalized spacial score (nSPS) is 10.9. The zero-order valence-electron chi connectivity index (χ0n) is 9.03. The van der Waals surface area contributed by atoms with Crippen molar-refractivity contribution < 1.29 is 8.42 Å². The Morgan fingerprint density at radius 3 is 2.12 bits per heavy atom. The molecule has 0 aromatic heterocycles. The predicted molar refractivity (Wildman–Crippen MR) is 65.4 cm³/mol. The highest BCUT2D eigenvalue weighted by molar-refractivity contribution is 7.89. The summed E-state index contributed by atoms with van der Waals surface area (Å²) in [6.07, 6.45) is 0. The summed E-state index contributed by atoms with van der Waals surface area (Å²) in [5.41, 5.74) is 2.24. The van der Waals surface area contributed by atoms with Gasteiger partial charge in [0, 0.05) is 11.4 Å². The number of sulfonamides is 1. The number of nitrogens with two attached hydrogens (primary N) is 1. The maximum Gasteiger partial charge on any atom is 0.238 e. The molecule has 16 heavy (non-hydrogen) atoms. The van der Waals surface area contributed by atoms with Crippen molar-refractivity contribution >= 4 is 15.7 Å². The second-order valence-corrected chi connectivity index (χ2v) is 5.01. The fourth-order valence-corrected chi connectivity index (χ4v) is 1.52. The van der Waals surface area contributed by atoms with Gasteiger partial charge in [0.2, 0.25) is 10.0 Å². The molecular weight excluding hydrogens is 224 g/mol. The van der Waals surface area contributed by atoms with Crippen molar-refractivity contribution in [2.45, 2.75) is 11.8 Å². The Hall–Kier alpha value is -1.59. The van der Waals surface area contributed by atoms with E-state index in [0.29, 0.717) is 5.70 Å². The van der Waals surface area contributed by atoms with Gasteiger partial charge in [-0.1, -0.05) is 13.2 Å². The second-order valence-electron chi connectivity index (χ2n) is 3.45. The van der Waals surface area contributed by atoms with Gasteiger partial charge in [0.1, 0.15) is 0 Å². The van der Waals surface area contributed by atoms with Crippen molar-refractivity contribution in [3.8, 4) is 0 Å². The average Bonchev–Trinajstić information content (AvgIpc) is 2.17. The third kappa shape index (κ3) is 3.22. The van der Waals surface area contributed by atoms with Crippen molar-refractivity contribution in [3.05, 3.63) is 48.7 Å². The van der Waals surface area contributed by atoms with E-state index in [1.165, 1.54) is 12.1 Å². The van der Waals surface area contributed by atoms with Gasteiger partial charge >= 0.3 is 0 Å². The first-order valence-corrected chi connectivity index (χ1v) is 6.10. The van der Waals surface area contributed by atoms with Crippen LogP contribution < -0.4 is 10.5 Å². The highest BCUT2D eigenvalue weighted by Gasteiger charge is 2.06. The predicted octanol–water partition coefficient (Wildman–Crippen LogP) is 1.84. The topological polar surface area (TPSA) is 72.2 Å². The summed E-state index contributed by atoms with van der Waals surface area (Å²) in [6.45, 7) is 9.32. The molecule has 0 bridgehead atoms. The molecule has 0 heterocycles. The van der Waals surface area contributed by atoms with E-state index in [1.54, 1.807) is 12.1 Å². The van der Waals surface area contributed by atoms with E-state index < -0.39 is 10.0 Å². The van der Waals surface area contributed by atoms with Crippen molar-refractivity contribution in [2.75, 3.05) is 5.32 Å². The third-order valence-electron chi connectivity index (χ3n) is 1.99. The largest absolute Gasteiger partial charge is 0.356 e.